The molecule has 1 N–H and O–H groups in total. The normalized spacial score (nSPS) is 15.0. The van der Waals surface area contributed by atoms with Crippen LogP contribution in [0, 0.1) is 17.2 Å². The quantitative estimate of drug-likeness (QED) is 0.527. The number of nitrogens with zero attached hydrogens (tertiary/aromatic N) is 5. The van der Waals surface area contributed by atoms with Gasteiger partial charge in [0.15, 0.2) is 11.6 Å². The van der Waals surface area contributed by atoms with Gasteiger partial charge in [-0.15, -0.1) is 5.10 Å². The molecule has 4 rings (SSSR count). The van der Waals surface area contributed by atoms with Gasteiger partial charge in [-0.25, -0.2) is 23.4 Å². The first-order valence-corrected chi connectivity index (χ1v) is 10.2. The highest BCUT2D eigenvalue weighted by atomic mass is 19.4. The highest BCUT2D eigenvalue weighted by Crippen LogP contribution is 2.50. The molecule has 0 bridgehead atoms. The smallest absolute Gasteiger partial charge is 0.342 e. The summed E-state index contributed by atoms with van der Waals surface area (Å²) in [6.07, 6.45) is -1.82. The van der Waals surface area contributed by atoms with Crippen molar-refractivity contribution < 1.29 is 26.7 Å². The summed E-state index contributed by atoms with van der Waals surface area (Å²) in [5.41, 5.74) is -2.35. The molecule has 0 aliphatic heterocycles. The second kappa shape index (κ2) is 8.48. The van der Waals surface area contributed by atoms with Crippen molar-refractivity contribution in [2.45, 2.75) is 37.9 Å². The third-order valence-electron chi connectivity index (χ3n) is 5.35. The van der Waals surface area contributed by atoms with Crippen molar-refractivity contribution in [3.05, 3.63) is 70.9 Å². The van der Waals surface area contributed by atoms with E-state index in [2.05, 4.69) is 20.4 Å². The molecule has 1 saturated carbocycles. The molecule has 1 amide bonds. The molecule has 3 aromatic rings. The predicted octanol–water partition coefficient (Wildman–Crippen LogP) is 4.55. The second-order valence-corrected chi connectivity index (χ2v) is 7.95. The lowest BCUT2D eigenvalue weighted by atomic mass is 9.97. The van der Waals surface area contributed by atoms with Crippen molar-refractivity contribution >= 4 is 5.91 Å². The maximum atomic E-state index is 14.5. The third-order valence-corrected chi connectivity index (χ3v) is 5.35. The first-order chi connectivity index (χ1) is 16.0. The van der Waals surface area contributed by atoms with Gasteiger partial charge in [0.05, 0.1) is 17.2 Å². The molecule has 12 heteroatoms. The molecule has 1 atom stereocenters. The number of pyridine rings is 1. The van der Waals surface area contributed by atoms with E-state index in [0.717, 1.165) is 6.07 Å². The number of carbonyl (C=O) groups excluding carboxylic acids is 1. The van der Waals surface area contributed by atoms with Crippen LogP contribution in [-0.4, -0.2) is 25.7 Å². The van der Waals surface area contributed by atoms with Crippen LogP contribution < -0.4 is 5.32 Å². The van der Waals surface area contributed by atoms with E-state index in [0.29, 0.717) is 23.5 Å². The number of nitrogens with one attached hydrogen (secondary N) is 1. The van der Waals surface area contributed by atoms with Gasteiger partial charge >= 0.3 is 6.18 Å². The van der Waals surface area contributed by atoms with Gasteiger partial charge in [0.25, 0.3) is 11.8 Å². The molecule has 34 heavy (non-hydrogen) atoms. The molecule has 1 aliphatic carbocycles. The molecule has 0 spiro atoms. The van der Waals surface area contributed by atoms with Gasteiger partial charge in [-0.2, -0.15) is 18.4 Å². The van der Waals surface area contributed by atoms with Crippen LogP contribution in [0.15, 0.2) is 42.9 Å². The first-order valence-electron chi connectivity index (χ1n) is 10.2. The largest absolute Gasteiger partial charge is 0.416 e. The van der Waals surface area contributed by atoms with Crippen molar-refractivity contribution in [1.29, 1.82) is 5.26 Å². The molecule has 1 aliphatic rings. The van der Waals surface area contributed by atoms with Gasteiger partial charge < -0.3 is 5.32 Å². The van der Waals surface area contributed by atoms with E-state index >= 15 is 0 Å². The van der Waals surface area contributed by atoms with Crippen molar-refractivity contribution in [1.82, 2.24) is 25.1 Å². The van der Waals surface area contributed by atoms with Crippen LogP contribution in [0.25, 0.3) is 5.82 Å². The van der Waals surface area contributed by atoms with Crippen LogP contribution in [0.3, 0.4) is 0 Å². The van der Waals surface area contributed by atoms with E-state index in [1.807, 2.05) is 6.07 Å². The van der Waals surface area contributed by atoms with Gasteiger partial charge in [-0.3, -0.25) is 4.79 Å². The van der Waals surface area contributed by atoms with E-state index in [-0.39, 0.29) is 18.7 Å². The number of carbonyl (C=O) groups is 1. The molecule has 1 aromatic carbocycles. The molecule has 1 unspecified atom stereocenters. The van der Waals surface area contributed by atoms with Crippen molar-refractivity contribution in [3.8, 4) is 11.9 Å². The molecule has 0 saturated heterocycles. The molecular weight excluding hydrogens is 459 g/mol. The minimum atomic E-state index is -4.90. The lowest BCUT2D eigenvalue weighted by Crippen LogP contribution is -2.28. The molecule has 2 heterocycles. The SMILES string of the molecule is CC(NC(=O)c1cc(C(F)(F)F)cc(C(F)(F)C2CC2)c1)c1ncn(-c2ccc(C#N)cn2)n1. The molecule has 2 aromatic heterocycles. The number of hydrogen-bond acceptors (Lipinski definition) is 5. The fourth-order valence-electron chi connectivity index (χ4n) is 3.31. The summed E-state index contributed by atoms with van der Waals surface area (Å²) >= 11 is 0. The molecule has 0 radical (unpaired) electrons. The fraction of sp³-hybridized carbons (Fsp3) is 0.318. The van der Waals surface area contributed by atoms with Crippen LogP contribution >= 0.6 is 0 Å². The Kier molecular flexibility index (Phi) is 5.80. The van der Waals surface area contributed by atoms with Gasteiger partial charge in [-0.1, -0.05) is 0 Å². The molecule has 176 valence electrons. The zero-order valence-electron chi connectivity index (χ0n) is 17.6. The number of rotatable bonds is 6. The van der Waals surface area contributed by atoms with E-state index in [1.54, 1.807) is 0 Å². The Morgan fingerprint density at radius 3 is 2.44 bits per heavy atom. The number of alkyl halides is 5. The van der Waals surface area contributed by atoms with Crippen molar-refractivity contribution in [2.75, 3.05) is 0 Å². The number of hydrogen-bond donors (Lipinski definition) is 1. The standard InChI is InChI=1S/C22H17F5N6O/c1-12(19-30-11-33(32-19)18-5-2-13(9-28)10-29-18)31-20(34)14-6-16(21(23,24)15-3-4-15)8-17(7-14)22(25,26)27/h2,5-8,10-12,15H,3-4H2,1H3,(H,31,34). The summed E-state index contributed by atoms with van der Waals surface area (Å²) < 4.78 is 70.4. The number of nitriles is 1. The zero-order chi connectivity index (χ0) is 24.7. The zero-order valence-corrected chi connectivity index (χ0v) is 17.6. The fourth-order valence-corrected chi connectivity index (χ4v) is 3.31. The van der Waals surface area contributed by atoms with E-state index in [1.165, 1.54) is 36.3 Å². The highest BCUT2D eigenvalue weighted by Gasteiger charge is 2.49. The van der Waals surface area contributed by atoms with Crippen molar-refractivity contribution in [2.24, 2.45) is 5.92 Å². The Labute approximate surface area is 190 Å². The summed E-state index contributed by atoms with van der Waals surface area (Å²) in [5, 5.41) is 15.5. The predicted molar refractivity (Wildman–Crippen MR) is 108 cm³/mol. The van der Waals surface area contributed by atoms with Gasteiger partial charge in [0.2, 0.25) is 0 Å². The highest BCUT2D eigenvalue weighted by molar-refractivity contribution is 5.94. The number of aromatic nitrogens is 4. The van der Waals surface area contributed by atoms with Crippen LogP contribution in [0.2, 0.25) is 0 Å². The van der Waals surface area contributed by atoms with Crippen LogP contribution in [0.5, 0.6) is 0 Å². The maximum Gasteiger partial charge on any atom is 0.416 e. The van der Waals surface area contributed by atoms with Crippen molar-refractivity contribution in [3.63, 3.8) is 0 Å². The first kappa shape index (κ1) is 23.3. The molecular formula is C22H17F5N6O. The Bertz CT molecular complexity index is 1260. The lowest BCUT2D eigenvalue weighted by Gasteiger charge is -2.20. The van der Waals surface area contributed by atoms with Crippen LogP contribution in [0.4, 0.5) is 22.0 Å². The average molecular weight is 476 g/mol. The summed E-state index contributed by atoms with van der Waals surface area (Å²) in [7, 11) is 0. The number of halogens is 5. The monoisotopic (exact) mass is 476 g/mol. The minimum absolute atomic E-state index is 0.120. The second-order valence-electron chi connectivity index (χ2n) is 7.95. The molecule has 1 fully saturated rings. The Morgan fingerprint density at radius 1 is 1.15 bits per heavy atom. The van der Waals surface area contributed by atoms with Gasteiger partial charge in [0, 0.05) is 23.2 Å². The number of benzene rings is 1. The summed E-state index contributed by atoms with van der Waals surface area (Å²) in [5.74, 6) is -5.00. The topological polar surface area (TPSA) is 96.5 Å². The summed E-state index contributed by atoms with van der Waals surface area (Å²) in [4.78, 5) is 20.8. The minimum Gasteiger partial charge on any atom is -0.342 e. The number of amides is 1. The van der Waals surface area contributed by atoms with E-state index < -0.39 is 46.7 Å². The van der Waals surface area contributed by atoms with Gasteiger partial charge in [0.1, 0.15) is 12.4 Å². The Hall–Kier alpha value is -3.88. The summed E-state index contributed by atoms with van der Waals surface area (Å²) in [6, 6.07) is 5.87. The molecule has 7 nitrogen and oxygen atoms in total. The maximum absolute atomic E-state index is 14.5. The third kappa shape index (κ3) is 4.73. The Balaban J connectivity index is 1.56. The van der Waals surface area contributed by atoms with Gasteiger partial charge in [-0.05, 0) is 50.1 Å². The van der Waals surface area contributed by atoms with E-state index in [9.17, 15) is 26.7 Å². The van der Waals surface area contributed by atoms with E-state index in [4.69, 9.17) is 5.26 Å². The lowest BCUT2D eigenvalue weighted by molar-refractivity contribution is -0.137. The summed E-state index contributed by atoms with van der Waals surface area (Å²) in [6.45, 7) is 1.50. The van der Waals surface area contributed by atoms with Crippen LogP contribution in [0.1, 0.15) is 58.7 Å². The average Bonchev–Trinajstić information content (AvgIpc) is 3.56. The van der Waals surface area contributed by atoms with Crippen LogP contribution in [-0.2, 0) is 12.1 Å². The Morgan fingerprint density at radius 2 is 1.85 bits per heavy atom.